The van der Waals surface area contributed by atoms with Crippen molar-refractivity contribution in [2.75, 3.05) is 0 Å². The molecule has 4 nitrogen and oxygen atoms in total. The van der Waals surface area contributed by atoms with Crippen LogP contribution in [0.4, 0.5) is 0 Å². The number of rotatable bonds is 6. The van der Waals surface area contributed by atoms with Crippen LogP contribution in [0.1, 0.15) is 40.0 Å². The summed E-state index contributed by atoms with van der Waals surface area (Å²) >= 11 is 0. The van der Waals surface area contributed by atoms with E-state index in [4.69, 9.17) is 15.2 Å². The van der Waals surface area contributed by atoms with Gasteiger partial charge < -0.3 is 15.2 Å². The van der Waals surface area contributed by atoms with Crippen molar-refractivity contribution in [3.63, 3.8) is 0 Å². The van der Waals surface area contributed by atoms with E-state index in [0.717, 1.165) is 6.42 Å². The van der Waals surface area contributed by atoms with E-state index in [2.05, 4.69) is 6.58 Å². The summed E-state index contributed by atoms with van der Waals surface area (Å²) in [6.07, 6.45) is 4.08. The van der Waals surface area contributed by atoms with E-state index in [1.807, 2.05) is 20.8 Å². The number of carbonyl (C=O) groups excluding carboxylic acids is 1. The van der Waals surface area contributed by atoms with Crippen molar-refractivity contribution >= 4 is 5.91 Å². The lowest BCUT2D eigenvalue weighted by Crippen LogP contribution is -2.51. The molecule has 1 rings (SSSR count). The Hall–Kier alpha value is -1.45. The topological polar surface area (TPSA) is 61.6 Å². The molecule has 1 fully saturated rings. The monoisotopic (exact) mass is 239 g/mol. The van der Waals surface area contributed by atoms with Gasteiger partial charge in [-0.2, -0.15) is 0 Å². The molecule has 0 spiro atoms. The fourth-order valence-corrected chi connectivity index (χ4v) is 1.81. The highest BCUT2D eigenvalue weighted by atomic mass is 16.5. The van der Waals surface area contributed by atoms with E-state index >= 15 is 0 Å². The first-order valence-corrected chi connectivity index (χ1v) is 5.88. The first-order chi connectivity index (χ1) is 7.85. The van der Waals surface area contributed by atoms with Crippen LogP contribution in [0.3, 0.4) is 0 Å². The zero-order valence-corrected chi connectivity index (χ0v) is 10.8. The summed E-state index contributed by atoms with van der Waals surface area (Å²) in [5.74, 6) is 0.714. The van der Waals surface area contributed by atoms with Gasteiger partial charge in [0.05, 0.1) is 11.9 Å². The average molecular weight is 239 g/mol. The van der Waals surface area contributed by atoms with Crippen LogP contribution in [0, 0.1) is 0 Å². The molecule has 0 atom stereocenters. The Kier molecular flexibility index (Phi) is 4.21. The molecule has 1 amide bonds. The Labute approximate surface area is 102 Å². The second-order valence-electron chi connectivity index (χ2n) is 4.70. The van der Waals surface area contributed by atoms with Gasteiger partial charge >= 0.3 is 0 Å². The predicted octanol–water partition coefficient (Wildman–Crippen LogP) is 2.25. The zero-order chi connectivity index (χ0) is 13.1. The number of carbonyl (C=O) groups is 1. The van der Waals surface area contributed by atoms with Gasteiger partial charge in [-0.3, -0.25) is 4.79 Å². The molecule has 1 aliphatic rings. The fraction of sp³-hybridized carbons (Fsp3) is 0.615. The molecule has 4 heteroatoms. The van der Waals surface area contributed by atoms with Crippen LogP contribution in [-0.2, 0) is 14.3 Å². The molecule has 96 valence electrons. The van der Waals surface area contributed by atoms with Gasteiger partial charge in [-0.05, 0) is 40.0 Å². The maximum atomic E-state index is 11.3. The molecule has 0 saturated heterocycles. The highest BCUT2D eigenvalue weighted by Gasteiger charge is 2.45. The van der Waals surface area contributed by atoms with Crippen molar-refractivity contribution in [1.82, 2.24) is 0 Å². The van der Waals surface area contributed by atoms with E-state index in [1.54, 1.807) is 6.08 Å². The third-order valence-electron chi connectivity index (χ3n) is 2.72. The molecule has 0 aromatic carbocycles. The fourth-order valence-electron chi connectivity index (χ4n) is 1.81. The molecule has 0 aromatic heterocycles. The highest BCUT2D eigenvalue weighted by molar-refractivity contribution is 5.84. The molecule has 2 N–H and O–H groups in total. The van der Waals surface area contributed by atoms with E-state index < -0.39 is 11.5 Å². The number of primary amides is 1. The molecule has 0 aliphatic heterocycles. The van der Waals surface area contributed by atoms with E-state index in [9.17, 15) is 4.79 Å². The number of amides is 1. The van der Waals surface area contributed by atoms with E-state index in [1.165, 1.54) is 0 Å². The molecule has 0 bridgehead atoms. The lowest BCUT2D eigenvalue weighted by Gasteiger charge is -2.38. The number of hydrogen-bond donors (Lipinski definition) is 1. The summed E-state index contributed by atoms with van der Waals surface area (Å²) < 4.78 is 11.0. The van der Waals surface area contributed by atoms with Crippen LogP contribution in [-0.4, -0.2) is 17.6 Å². The predicted molar refractivity (Wildman–Crippen MR) is 66.0 cm³/mol. The molecule has 17 heavy (non-hydrogen) atoms. The standard InChI is InChI=1S/C13H21NO3/c1-9(2)16-10(3)8-11(4)17-13(12(14)15)6-5-7-13/h8-9H,4-7H2,1-3H3,(H2,14,15)/b10-8+. The van der Waals surface area contributed by atoms with Crippen LogP contribution < -0.4 is 5.73 Å². The molecular formula is C13H21NO3. The minimum absolute atomic E-state index is 0.104. The van der Waals surface area contributed by atoms with Gasteiger partial charge in [-0.1, -0.05) is 6.58 Å². The summed E-state index contributed by atoms with van der Waals surface area (Å²) in [5.41, 5.74) is 4.49. The molecule has 0 radical (unpaired) electrons. The Balaban J connectivity index is 2.57. The Bertz CT molecular complexity index is 341. The molecule has 0 unspecified atom stereocenters. The molecule has 0 heterocycles. The average Bonchev–Trinajstić information content (AvgIpc) is 2.08. The van der Waals surface area contributed by atoms with Crippen molar-refractivity contribution in [2.45, 2.75) is 51.7 Å². The van der Waals surface area contributed by atoms with Gasteiger partial charge in [0.2, 0.25) is 0 Å². The Morgan fingerprint density at radius 3 is 2.41 bits per heavy atom. The van der Waals surface area contributed by atoms with Crippen molar-refractivity contribution in [2.24, 2.45) is 5.73 Å². The van der Waals surface area contributed by atoms with Gasteiger partial charge in [-0.15, -0.1) is 0 Å². The molecule has 1 aliphatic carbocycles. The van der Waals surface area contributed by atoms with E-state index in [-0.39, 0.29) is 6.10 Å². The molecular weight excluding hydrogens is 218 g/mol. The van der Waals surface area contributed by atoms with Crippen molar-refractivity contribution < 1.29 is 14.3 Å². The summed E-state index contributed by atoms with van der Waals surface area (Å²) in [4.78, 5) is 11.3. The molecule has 1 saturated carbocycles. The number of allylic oxidation sites excluding steroid dienone is 2. The SMILES string of the molecule is C=C(/C=C(\C)OC(C)C)OC1(C(N)=O)CCC1. The largest absolute Gasteiger partial charge is 0.496 e. The smallest absolute Gasteiger partial charge is 0.261 e. The first-order valence-electron chi connectivity index (χ1n) is 5.88. The van der Waals surface area contributed by atoms with Crippen molar-refractivity contribution in [1.29, 1.82) is 0 Å². The lowest BCUT2D eigenvalue weighted by atomic mass is 9.79. The van der Waals surface area contributed by atoms with Crippen LogP contribution >= 0.6 is 0 Å². The second kappa shape index (κ2) is 5.25. The van der Waals surface area contributed by atoms with Crippen LogP contribution in [0.5, 0.6) is 0 Å². The van der Waals surface area contributed by atoms with Crippen molar-refractivity contribution in [3.05, 3.63) is 24.2 Å². The summed E-state index contributed by atoms with van der Waals surface area (Å²) in [6.45, 7) is 9.47. The Morgan fingerprint density at radius 1 is 1.47 bits per heavy atom. The van der Waals surface area contributed by atoms with Gasteiger partial charge in [0, 0.05) is 6.08 Å². The Morgan fingerprint density at radius 2 is 2.06 bits per heavy atom. The van der Waals surface area contributed by atoms with Crippen molar-refractivity contribution in [3.8, 4) is 0 Å². The normalized spacial score (nSPS) is 18.5. The number of hydrogen-bond acceptors (Lipinski definition) is 3. The summed E-state index contributed by atoms with van der Waals surface area (Å²) in [7, 11) is 0. The van der Waals surface area contributed by atoms with Gasteiger partial charge in [0.1, 0.15) is 5.76 Å². The van der Waals surface area contributed by atoms with Gasteiger partial charge in [0.15, 0.2) is 5.60 Å². The maximum absolute atomic E-state index is 11.3. The molecule has 0 aromatic rings. The third-order valence-corrected chi connectivity index (χ3v) is 2.72. The number of nitrogens with two attached hydrogens (primary N) is 1. The lowest BCUT2D eigenvalue weighted by molar-refractivity contribution is -0.147. The minimum Gasteiger partial charge on any atom is -0.496 e. The summed E-state index contributed by atoms with van der Waals surface area (Å²) in [5, 5.41) is 0. The quantitative estimate of drug-likeness (QED) is 0.571. The van der Waals surface area contributed by atoms with Crippen LogP contribution in [0.2, 0.25) is 0 Å². The zero-order valence-electron chi connectivity index (χ0n) is 10.8. The first kappa shape index (κ1) is 13.6. The highest BCUT2D eigenvalue weighted by Crippen LogP contribution is 2.37. The second-order valence-corrected chi connectivity index (χ2v) is 4.70. The van der Waals surface area contributed by atoms with Gasteiger partial charge in [0.25, 0.3) is 5.91 Å². The maximum Gasteiger partial charge on any atom is 0.261 e. The number of ether oxygens (including phenoxy) is 2. The van der Waals surface area contributed by atoms with E-state index in [0.29, 0.717) is 24.4 Å². The van der Waals surface area contributed by atoms with Gasteiger partial charge in [-0.25, -0.2) is 0 Å². The minimum atomic E-state index is -0.842. The van der Waals surface area contributed by atoms with Crippen LogP contribution in [0.15, 0.2) is 24.2 Å². The summed E-state index contributed by atoms with van der Waals surface area (Å²) in [6, 6.07) is 0. The third kappa shape index (κ3) is 3.51. The van der Waals surface area contributed by atoms with Crippen LogP contribution in [0.25, 0.3) is 0 Å².